The van der Waals surface area contributed by atoms with Gasteiger partial charge in [-0.3, -0.25) is 0 Å². The molecular formula is C7H9NO4S2. The lowest BCUT2D eigenvalue weighted by molar-refractivity contribution is 0.0702. The predicted octanol–water partition coefficient (Wildman–Crippen LogP) is 0.776. The number of hydrogen-bond acceptors (Lipinski definition) is 5. The second kappa shape index (κ2) is 4.05. The highest BCUT2D eigenvalue weighted by atomic mass is 32.2. The third kappa shape index (κ3) is 2.78. The molecule has 0 fully saturated rings. The quantitative estimate of drug-likeness (QED) is 0.833. The van der Waals surface area contributed by atoms with E-state index >= 15 is 0 Å². The molecule has 0 bridgehead atoms. The van der Waals surface area contributed by atoms with E-state index in [0.29, 0.717) is 5.69 Å². The molecule has 14 heavy (non-hydrogen) atoms. The van der Waals surface area contributed by atoms with Gasteiger partial charge in [0.1, 0.15) is 4.88 Å². The third-order valence-corrected chi connectivity index (χ3v) is 4.01. The van der Waals surface area contributed by atoms with Crippen LogP contribution in [0, 0.1) is 0 Å². The van der Waals surface area contributed by atoms with Crippen LogP contribution in [0.15, 0.2) is 6.07 Å². The summed E-state index contributed by atoms with van der Waals surface area (Å²) in [7, 11) is -3.13. The van der Waals surface area contributed by atoms with Gasteiger partial charge in [0.2, 0.25) is 0 Å². The Kier molecular flexibility index (Phi) is 3.22. The summed E-state index contributed by atoms with van der Waals surface area (Å²) in [6.45, 7) is 1.54. The van der Waals surface area contributed by atoms with Crippen LogP contribution in [-0.2, 0) is 15.6 Å². The zero-order valence-electron chi connectivity index (χ0n) is 7.43. The first kappa shape index (κ1) is 11.1. The van der Waals surface area contributed by atoms with Crippen molar-refractivity contribution in [2.75, 3.05) is 5.75 Å². The van der Waals surface area contributed by atoms with Gasteiger partial charge in [-0.15, -0.1) is 0 Å². The molecule has 0 aliphatic rings. The van der Waals surface area contributed by atoms with E-state index in [9.17, 15) is 13.2 Å². The normalized spacial score (nSPS) is 11.5. The molecule has 1 aromatic heterocycles. The molecule has 78 valence electrons. The highest BCUT2D eigenvalue weighted by Gasteiger charge is 2.14. The average molecular weight is 235 g/mol. The van der Waals surface area contributed by atoms with E-state index in [1.165, 1.54) is 6.07 Å². The molecule has 0 atom stereocenters. The summed E-state index contributed by atoms with van der Waals surface area (Å²) >= 11 is 0.795. The van der Waals surface area contributed by atoms with Gasteiger partial charge in [-0.05, 0) is 17.6 Å². The minimum absolute atomic E-state index is 0.0347. The smallest absolute Gasteiger partial charge is 0.347 e. The number of carboxylic acids is 1. The summed E-state index contributed by atoms with van der Waals surface area (Å²) in [5, 5.41) is 8.57. The maximum atomic E-state index is 11.2. The van der Waals surface area contributed by atoms with Crippen LogP contribution >= 0.6 is 11.5 Å². The lowest BCUT2D eigenvalue weighted by Gasteiger charge is -1.95. The number of sulfone groups is 1. The second-order valence-electron chi connectivity index (χ2n) is 2.66. The number of carbonyl (C=O) groups is 1. The monoisotopic (exact) mass is 235 g/mol. The maximum absolute atomic E-state index is 11.2. The number of nitrogens with zero attached hydrogens (tertiary/aromatic N) is 1. The number of rotatable bonds is 4. The van der Waals surface area contributed by atoms with Crippen molar-refractivity contribution in [3.05, 3.63) is 16.6 Å². The Morgan fingerprint density at radius 1 is 1.64 bits per heavy atom. The first-order valence-electron chi connectivity index (χ1n) is 3.84. The molecule has 1 N–H and O–H groups in total. The molecule has 1 aromatic rings. The third-order valence-electron chi connectivity index (χ3n) is 1.58. The lowest BCUT2D eigenvalue weighted by Crippen LogP contribution is -2.06. The van der Waals surface area contributed by atoms with Crippen molar-refractivity contribution in [1.29, 1.82) is 0 Å². The minimum Gasteiger partial charge on any atom is -0.477 e. The van der Waals surface area contributed by atoms with Crippen LogP contribution in [0.2, 0.25) is 0 Å². The molecule has 7 heteroatoms. The van der Waals surface area contributed by atoms with E-state index in [4.69, 9.17) is 5.11 Å². The molecule has 1 heterocycles. The molecule has 5 nitrogen and oxygen atoms in total. The van der Waals surface area contributed by atoms with Gasteiger partial charge in [0.05, 0.1) is 11.4 Å². The first-order chi connectivity index (χ1) is 6.44. The van der Waals surface area contributed by atoms with E-state index in [0.717, 1.165) is 11.5 Å². The van der Waals surface area contributed by atoms with Crippen LogP contribution in [-0.4, -0.2) is 29.6 Å². The van der Waals surface area contributed by atoms with Gasteiger partial charge in [-0.25, -0.2) is 13.2 Å². The molecule has 0 aliphatic heterocycles. The van der Waals surface area contributed by atoms with Crippen molar-refractivity contribution >= 4 is 27.3 Å². The topological polar surface area (TPSA) is 84.3 Å². The van der Waals surface area contributed by atoms with Gasteiger partial charge >= 0.3 is 5.97 Å². The highest BCUT2D eigenvalue weighted by molar-refractivity contribution is 7.90. The molecule has 0 aliphatic carbocycles. The number of aromatic carboxylic acids is 1. The Morgan fingerprint density at radius 2 is 2.29 bits per heavy atom. The molecule has 0 amide bonds. The SMILES string of the molecule is CCS(=O)(=O)Cc1cc(C(=O)O)sn1. The zero-order chi connectivity index (χ0) is 10.8. The molecule has 0 spiro atoms. The largest absolute Gasteiger partial charge is 0.477 e. The fraction of sp³-hybridized carbons (Fsp3) is 0.429. The Balaban J connectivity index is 2.84. The Labute approximate surface area is 85.5 Å². The number of carboxylic acid groups (broad SMARTS) is 1. The van der Waals surface area contributed by atoms with Crippen LogP contribution in [0.1, 0.15) is 22.3 Å². The molecule has 0 saturated carbocycles. The second-order valence-corrected chi connectivity index (χ2v) is 5.82. The lowest BCUT2D eigenvalue weighted by atomic mass is 10.4. The van der Waals surface area contributed by atoms with Gasteiger partial charge in [-0.2, -0.15) is 4.37 Å². The van der Waals surface area contributed by atoms with Crippen molar-refractivity contribution in [2.45, 2.75) is 12.7 Å². The van der Waals surface area contributed by atoms with Gasteiger partial charge in [0, 0.05) is 5.75 Å². The Morgan fingerprint density at radius 3 is 2.71 bits per heavy atom. The predicted molar refractivity (Wildman–Crippen MR) is 52.2 cm³/mol. The molecule has 0 unspecified atom stereocenters. The van der Waals surface area contributed by atoms with Crippen molar-refractivity contribution < 1.29 is 18.3 Å². The van der Waals surface area contributed by atoms with E-state index in [-0.39, 0.29) is 16.4 Å². The maximum Gasteiger partial charge on any atom is 0.347 e. The molecule has 0 radical (unpaired) electrons. The summed E-state index contributed by atoms with van der Waals surface area (Å²) in [4.78, 5) is 10.5. The van der Waals surface area contributed by atoms with Crippen LogP contribution in [0.25, 0.3) is 0 Å². The molecule has 0 aromatic carbocycles. The van der Waals surface area contributed by atoms with Gasteiger partial charge < -0.3 is 5.11 Å². The van der Waals surface area contributed by atoms with Crippen LogP contribution < -0.4 is 0 Å². The standard InChI is InChI=1S/C7H9NO4S2/c1-2-14(11,12)4-5-3-6(7(9)10)13-8-5/h3H,2,4H2,1H3,(H,9,10). The fourth-order valence-corrected chi connectivity index (χ4v) is 2.29. The van der Waals surface area contributed by atoms with Gasteiger partial charge in [-0.1, -0.05) is 6.92 Å². The summed E-state index contributed by atoms with van der Waals surface area (Å²) in [6.07, 6.45) is 0. The summed E-state index contributed by atoms with van der Waals surface area (Å²) < 4.78 is 26.1. The molecule has 0 saturated heterocycles. The van der Waals surface area contributed by atoms with Crippen LogP contribution in [0.5, 0.6) is 0 Å². The van der Waals surface area contributed by atoms with Gasteiger partial charge in [0.25, 0.3) is 0 Å². The first-order valence-corrected chi connectivity index (χ1v) is 6.43. The Hall–Kier alpha value is -0.950. The molecule has 1 rings (SSSR count). The van der Waals surface area contributed by atoms with E-state index in [1.54, 1.807) is 6.92 Å². The van der Waals surface area contributed by atoms with Crippen molar-refractivity contribution in [1.82, 2.24) is 4.37 Å². The highest BCUT2D eigenvalue weighted by Crippen LogP contribution is 2.12. The number of aromatic nitrogens is 1. The van der Waals surface area contributed by atoms with Gasteiger partial charge in [0.15, 0.2) is 9.84 Å². The summed E-state index contributed by atoms with van der Waals surface area (Å²) in [5.41, 5.74) is 0.300. The summed E-state index contributed by atoms with van der Waals surface area (Å²) in [5.74, 6) is -1.23. The van der Waals surface area contributed by atoms with Crippen molar-refractivity contribution in [3.8, 4) is 0 Å². The minimum atomic E-state index is -3.13. The van der Waals surface area contributed by atoms with E-state index < -0.39 is 15.8 Å². The molecular weight excluding hydrogens is 226 g/mol. The van der Waals surface area contributed by atoms with E-state index in [1.807, 2.05) is 0 Å². The van der Waals surface area contributed by atoms with Crippen LogP contribution in [0.3, 0.4) is 0 Å². The van der Waals surface area contributed by atoms with Crippen molar-refractivity contribution in [2.24, 2.45) is 0 Å². The van der Waals surface area contributed by atoms with Crippen LogP contribution in [0.4, 0.5) is 0 Å². The van der Waals surface area contributed by atoms with Crippen molar-refractivity contribution in [3.63, 3.8) is 0 Å². The number of hydrogen-bond donors (Lipinski definition) is 1. The summed E-state index contributed by atoms with van der Waals surface area (Å²) in [6, 6.07) is 1.29. The Bertz CT molecular complexity index is 434. The average Bonchev–Trinajstić information content (AvgIpc) is 2.52. The van der Waals surface area contributed by atoms with E-state index in [2.05, 4.69) is 4.37 Å². The zero-order valence-corrected chi connectivity index (χ0v) is 9.06. The fourth-order valence-electron chi connectivity index (χ4n) is 0.808.